The first-order valence-electron chi connectivity index (χ1n) is 7.66. The van der Waals surface area contributed by atoms with Crippen molar-refractivity contribution in [3.63, 3.8) is 0 Å². The summed E-state index contributed by atoms with van der Waals surface area (Å²) in [6.45, 7) is 2.13. The van der Waals surface area contributed by atoms with Gasteiger partial charge in [-0.1, -0.05) is 78.9 Å². The highest BCUT2D eigenvalue weighted by atomic mass is 16.1. The van der Waals surface area contributed by atoms with Crippen LogP contribution in [0.15, 0.2) is 78.9 Å². The number of rotatable bonds is 4. The molecule has 1 nitrogen and oxygen atoms in total. The van der Waals surface area contributed by atoms with Crippen LogP contribution >= 0.6 is 0 Å². The van der Waals surface area contributed by atoms with Gasteiger partial charge in [-0.3, -0.25) is 4.79 Å². The van der Waals surface area contributed by atoms with Crippen molar-refractivity contribution in [2.75, 3.05) is 0 Å². The number of carbonyl (C=O) groups excluding carboxylic acids is 1. The molecule has 0 atom stereocenters. The normalized spacial score (nSPS) is 11.3. The Morgan fingerprint density at radius 3 is 2.00 bits per heavy atom. The van der Waals surface area contributed by atoms with Gasteiger partial charge in [0, 0.05) is 5.56 Å². The Kier molecular flexibility index (Phi) is 4.49. The van der Waals surface area contributed by atoms with Crippen LogP contribution in [0.5, 0.6) is 0 Å². The van der Waals surface area contributed by atoms with Crippen molar-refractivity contribution in [2.45, 2.75) is 6.92 Å². The van der Waals surface area contributed by atoms with Gasteiger partial charge in [0.2, 0.25) is 0 Å². The molecule has 0 aromatic heterocycles. The van der Waals surface area contributed by atoms with Crippen LogP contribution in [0, 0.1) is 6.92 Å². The van der Waals surface area contributed by atoms with Crippen LogP contribution in [0.2, 0.25) is 0 Å². The minimum atomic E-state index is 0.694. The average Bonchev–Trinajstić information content (AvgIpc) is 2.62. The van der Waals surface area contributed by atoms with Gasteiger partial charge in [0.15, 0.2) is 0 Å². The van der Waals surface area contributed by atoms with Gasteiger partial charge in [-0.25, -0.2) is 0 Å². The Bertz CT molecular complexity index is 827. The SMILES string of the molecule is Cc1ccccc1C(=Cc1ccc(C=O)cc1)c1ccccc1. The molecule has 0 fully saturated rings. The molecule has 0 unspecified atom stereocenters. The fraction of sp³-hybridized carbons (Fsp3) is 0.0455. The standard InChI is InChI=1S/C22H18O/c1-17-7-5-6-10-21(17)22(20-8-3-2-4-9-20)15-18-11-13-19(16-23)14-12-18/h2-16H,1H3. The zero-order valence-corrected chi connectivity index (χ0v) is 13.1. The Balaban J connectivity index is 2.13. The molecule has 0 heterocycles. The molecule has 0 aliphatic heterocycles. The zero-order valence-electron chi connectivity index (χ0n) is 13.1. The molecular weight excluding hydrogens is 280 g/mol. The Morgan fingerprint density at radius 2 is 1.35 bits per heavy atom. The second kappa shape index (κ2) is 6.89. The summed E-state index contributed by atoms with van der Waals surface area (Å²) in [5.74, 6) is 0. The van der Waals surface area contributed by atoms with E-state index in [2.05, 4.69) is 61.5 Å². The molecule has 0 saturated carbocycles. The number of aryl methyl sites for hydroxylation is 1. The first-order chi connectivity index (χ1) is 11.3. The molecule has 0 radical (unpaired) electrons. The molecule has 0 aliphatic carbocycles. The lowest BCUT2D eigenvalue weighted by Gasteiger charge is -2.12. The highest BCUT2D eigenvalue weighted by Gasteiger charge is 2.07. The van der Waals surface area contributed by atoms with Gasteiger partial charge in [0.1, 0.15) is 6.29 Å². The van der Waals surface area contributed by atoms with Crippen LogP contribution in [-0.2, 0) is 0 Å². The highest BCUT2D eigenvalue weighted by molar-refractivity contribution is 5.92. The summed E-state index contributed by atoms with van der Waals surface area (Å²) in [6.07, 6.45) is 3.04. The molecule has 0 amide bonds. The molecule has 3 rings (SSSR count). The summed E-state index contributed by atoms with van der Waals surface area (Å²) >= 11 is 0. The molecule has 3 aromatic rings. The monoisotopic (exact) mass is 298 g/mol. The Labute approximate surface area is 136 Å². The second-order valence-corrected chi connectivity index (χ2v) is 5.52. The van der Waals surface area contributed by atoms with Crippen molar-refractivity contribution >= 4 is 17.9 Å². The summed E-state index contributed by atoms with van der Waals surface area (Å²) < 4.78 is 0. The van der Waals surface area contributed by atoms with Crippen LogP contribution < -0.4 is 0 Å². The van der Waals surface area contributed by atoms with Gasteiger partial charge < -0.3 is 0 Å². The molecule has 112 valence electrons. The van der Waals surface area contributed by atoms with E-state index in [4.69, 9.17) is 0 Å². The predicted molar refractivity (Wildman–Crippen MR) is 96.4 cm³/mol. The summed E-state index contributed by atoms with van der Waals surface area (Å²) in [5.41, 5.74) is 6.60. The van der Waals surface area contributed by atoms with E-state index < -0.39 is 0 Å². The Morgan fingerprint density at radius 1 is 0.739 bits per heavy atom. The molecule has 0 bridgehead atoms. The maximum absolute atomic E-state index is 10.8. The third-order valence-electron chi connectivity index (χ3n) is 3.90. The third kappa shape index (κ3) is 3.46. The van der Waals surface area contributed by atoms with Gasteiger partial charge in [-0.2, -0.15) is 0 Å². The minimum absolute atomic E-state index is 0.694. The Hall–Kier alpha value is -2.93. The van der Waals surface area contributed by atoms with Crippen molar-refractivity contribution < 1.29 is 4.79 Å². The highest BCUT2D eigenvalue weighted by Crippen LogP contribution is 2.28. The van der Waals surface area contributed by atoms with Gasteiger partial charge in [-0.05, 0) is 40.8 Å². The lowest BCUT2D eigenvalue weighted by molar-refractivity contribution is 0.112. The van der Waals surface area contributed by atoms with E-state index in [0.29, 0.717) is 5.56 Å². The van der Waals surface area contributed by atoms with E-state index >= 15 is 0 Å². The summed E-state index contributed by atoms with van der Waals surface area (Å²) in [5, 5.41) is 0. The third-order valence-corrected chi connectivity index (χ3v) is 3.90. The van der Waals surface area contributed by atoms with Gasteiger partial charge in [-0.15, -0.1) is 0 Å². The van der Waals surface area contributed by atoms with Crippen molar-refractivity contribution in [3.05, 3.63) is 107 Å². The number of hydrogen-bond donors (Lipinski definition) is 0. The molecule has 0 spiro atoms. The lowest BCUT2D eigenvalue weighted by atomic mass is 9.92. The van der Waals surface area contributed by atoms with Gasteiger partial charge in [0.05, 0.1) is 0 Å². The molecule has 1 heteroatoms. The van der Waals surface area contributed by atoms with E-state index in [-0.39, 0.29) is 0 Å². The number of aldehydes is 1. The molecular formula is C22H18O. The van der Waals surface area contributed by atoms with Crippen molar-refractivity contribution in [1.82, 2.24) is 0 Å². The number of hydrogen-bond acceptors (Lipinski definition) is 1. The van der Waals surface area contributed by atoms with Gasteiger partial charge >= 0.3 is 0 Å². The van der Waals surface area contributed by atoms with Gasteiger partial charge in [0.25, 0.3) is 0 Å². The quantitative estimate of drug-likeness (QED) is 0.466. The first kappa shape index (κ1) is 15.0. The molecule has 23 heavy (non-hydrogen) atoms. The van der Waals surface area contributed by atoms with Crippen LogP contribution in [0.25, 0.3) is 11.6 Å². The van der Waals surface area contributed by atoms with Crippen molar-refractivity contribution in [3.8, 4) is 0 Å². The number of carbonyl (C=O) groups is 1. The predicted octanol–water partition coefficient (Wildman–Crippen LogP) is 5.40. The molecule has 3 aromatic carbocycles. The average molecular weight is 298 g/mol. The van der Waals surface area contributed by atoms with Crippen molar-refractivity contribution in [1.29, 1.82) is 0 Å². The van der Waals surface area contributed by atoms with E-state index in [0.717, 1.165) is 11.8 Å². The lowest BCUT2D eigenvalue weighted by Crippen LogP contribution is -1.91. The largest absolute Gasteiger partial charge is 0.298 e. The minimum Gasteiger partial charge on any atom is -0.298 e. The van der Waals surface area contributed by atoms with Crippen LogP contribution in [0.4, 0.5) is 0 Å². The topological polar surface area (TPSA) is 17.1 Å². The second-order valence-electron chi connectivity index (χ2n) is 5.52. The zero-order chi connectivity index (χ0) is 16.1. The fourth-order valence-corrected chi connectivity index (χ4v) is 2.65. The van der Waals surface area contributed by atoms with Crippen LogP contribution in [0.3, 0.4) is 0 Å². The van der Waals surface area contributed by atoms with E-state index in [1.165, 1.54) is 22.3 Å². The maximum atomic E-state index is 10.8. The summed E-state index contributed by atoms with van der Waals surface area (Å²) in [7, 11) is 0. The first-order valence-corrected chi connectivity index (χ1v) is 7.66. The van der Waals surface area contributed by atoms with E-state index in [9.17, 15) is 4.79 Å². The molecule has 0 N–H and O–H groups in total. The maximum Gasteiger partial charge on any atom is 0.150 e. The summed E-state index contributed by atoms with van der Waals surface area (Å²) in [4.78, 5) is 10.8. The van der Waals surface area contributed by atoms with Crippen LogP contribution in [-0.4, -0.2) is 6.29 Å². The van der Waals surface area contributed by atoms with Crippen molar-refractivity contribution in [2.24, 2.45) is 0 Å². The smallest absolute Gasteiger partial charge is 0.150 e. The summed E-state index contributed by atoms with van der Waals surface area (Å²) in [6, 6.07) is 26.4. The fourth-order valence-electron chi connectivity index (χ4n) is 2.65. The van der Waals surface area contributed by atoms with Crippen LogP contribution in [0.1, 0.15) is 32.6 Å². The molecule has 0 aliphatic rings. The van der Waals surface area contributed by atoms with E-state index in [1.54, 1.807) is 0 Å². The number of benzene rings is 3. The molecule has 0 saturated heterocycles. The van der Waals surface area contributed by atoms with E-state index in [1.807, 2.05) is 30.3 Å².